The normalized spacial score (nSPS) is 17.5. The molecular formula is C23H37N7O. The lowest BCUT2D eigenvalue weighted by Crippen LogP contribution is -2.47. The van der Waals surface area contributed by atoms with Gasteiger partial charge < -0.3 is 15.4 Å². The maximum atomic E-state index is 5.17. The third-order valence-electron chi connectivity index (χ3n) is 5.72. The number of aliphatic imine (C=N–C) groups is 1. The fourth-order valence-electron chi connectivity index (χ4n) is 4.13. The van der Waals surface area contributed by atoms with E-state index in [0.29, 0.717) is 13.2 Å². The Balaban J connectivity index is 1.70. The SMILES string of the molecule is CCNC(=NCC(c1ccccc1)N(CC)CC)NC1CCc2nc(COC)nn2C1. The van der Waals surface area contributed by atoms with Gasteiger partial charge in [0.25, 0.3) is 0 Å². The van der Waals surface area contributed by atoms with Crippen molar-refractivity contribution in [3.05, 3.63) is 47.5 Å². The van der Waals surface area contributed by atoms with Crippen LogP contribution in [0.1, 0.15) is 50.4 Å². The molecule has 3 rings (SSSR count). The molecule has 8 heteroatoms. The molecule has 0 saturated heterocycles. The van der Waals surface area contributed by atoms with Crippen LogP contribution in [0.3, 0.4) is 0 Å². The summed E-state index contributed by atoms with van der Waals surface area (Å²) < 4.78 is 7.17. The van der Waals surface area contributed by atoms with E-state index >= 15 is 0 Å². The quantitative estimate of drug-likeness (QED) is 0.448. The minimum atomic E-state index is 0.261. The molecule has 0 saturated carbocycles. The Morgan fingerprint density at radius 3 is 2.71 bits per heavy atom. The summed E-state index contributed by atoms with van der Waals surface area (Å²) in [4.78, 5) is 12.0. The minimum Gasteiger partial charge on any atom is -0.377 e. The summed E-state index contributed by atoms with van der Waals surface area (Å²) in [7, 11) is 1.67. The van der Waals surface area contributed by atoms with Gasteiger partial charge in [0.15, 0.2) is 11.8 Å². The number of nitrogens with zero attached hydrogens (tertiary/aromatic N) is 5. The third kappa shape index (κ3) is 6.27. The molecule has 170 valence electrons. The third-order valence-corrected chi connectivity index (χ3v) is 5.72. The van der Waals surface area contributed by atoms with Crippen LogP contribution < -0.4 is 10.6 Å². The summed E-state index contributed by atoms with van der Waals surface area (Å²) in [5.41, 5.74) is 1.31. The number of aryl methyl sites for hydroxylation is 1. The number of nitrogens with one attached hydrogen (secondary N) is 2. The molecule has 0 amide bonds. The second-order valence-corrected chi connectivity index (χ2v) is 7.81. The first kappa shape index (κ1) is 23.2. The topological polar surface area (TPSA) is 79.6 Å². The molecule has 0 bridgehead atoms. The van der Waals surface area contributed by atoms with E-state index in [1.807, 2.05) is 4.68 Å². The monoisotopic (exact) mass is 427 g/mol. The second kappa shape index (κ2) is 11.8. The van der Waals surface area contributed by atoms with Crippen molar-refractivity contribution in [2.75, 3.05) is 33.3 Å². The van der Waals surface area contributed by atoms with Crippen molar-refractivity contribution in [2.24, 2.45) is 4.99 Å². The zero-order chi connectivity index (χ0) is 22.1. The summed E-state index contributed by atoms with van der Waals surface area (Å²) in [5, 5.41) is 11.6. The predicted octanol–water partition coefficient (Wildman–Crippen LogP) is 2.38. The van der Waals surface area contributed by atoms with Crippen LogP contribution in [0.2, 0.25) is 0 Å². The van der Waals surface area contributed by atoms with E-state index < -0.39 is 0 Å². The molecule has 2 unspecified atom stereocenters. The molecule has 1 aliphatic heterocycles. The lowest BCUT2D eigenvalue weighted by atomic mass is 10.1. The van der Waals surface area contributed by atoms with Gasteiger partial charge in [-0.25, -0.2) is 9.67 Å². The van der Waals surface area contributed by atoms with E-state index in [0.717, 1.165) is 56.6 Å². The zero-order valence-electron chi connectivity index (χ0n) is 19.3. The fraction of sp³-hybridized carbons (Fsp3) is 0.609. The van der Waals surface area contributed by atoms with Crippen LogP contribution >= 0.6 is 0 Å². The van der Waals surface area contributed by atoms with E-state index in [1.165, 1.54) is 5.56 Å². The van der Waals surface area contributed by atoms with E-state index in [2.05, 4.69) is 76.7 Å². The Morgan fingerprint density at radius 2 is 2.03 bits per heavy atom. The van der Waals surface area contributed by atoms with E-state index in [-0.39, 0.29) is 12.1 Å². The number of hydrogen-bond acceptors (Lipinski definition) is 5. The Morgan fingerprint density at radius 1 is 1.26 bits per heavy atom. The summed E-state index contributed by atoms with van der Waals surface area (Å²) in [6.45, 7) is 11.3. The van der Waals surface area contributed by atoms with Crippen molar-refractivity contribution < 1.29 is 4.74 Å². The molecule has 1 aromatic heterocycles. The number of methoxy groups -OCH3 is 1. The van der Waals surface area contributed by atoms with Crippen molar-refractivity contribution >= 4 is 5.96 Å². The van der Waals surface area contributed by atoms with Gasteiger partial charge in [0.2, 0.25) is 0 Å². The van der Waals surface area contributed by atoms with E-state index in [4.69, 9.17) is 9.73 Å². The van der Waals surface area contributed by atoms with E-state index in [9.17, 15) is 0 Å². The number of likely N-dealkylation sites (N-methyl/N-ethyl adjacent to an activating group) is 1. The summed E-state index contributed by atoms with van der Waals surface area (Å²) in [6, 6.07) is 11.2. The van der Waals surface area contributed by atoms with Crippen molar-refractivity contribution in [2.45, 2.75) is 58.8 Å². The van der Waals surface area contributed by atoms with Crippen LogP contribution in [0.25, 0.3) is 0 Å². The first-order valence-corrected chi connectivity index (χ1v) is 11.4. The largest absolute Gasteiger partial charge is 0.377 e. The summed E-state index contributed by atoms with van der Waals surface area (Å²) >= 11 is 0. The zero-order valence-corrected chi connectivity index (χ0v) is 19.3. The average molecular weight is 428 g/mol. The number of aromatic nitrogens is 3. The number of hydrogen-bond donors (Lipinski definition) is 2. The Bertz CT molecular complexity index is 817. The number of fused-ring (bicyclic) bond motifs is 1. The van der Waals surface area contributed by atoms with Crippen molar-refractivity contribution in [3.63, 3.8) is 0 Å². The van der Waals surface area contributed by atoms with Gasteiger partial charge in [0.05, 0.1) is 19.1 Å². The van der Waals surface area contributed by atoms with Crippen molar-refractivity contribution in [1.82, 2.24) is 30.3 Å². The smallest absolute Gasteiger partial charge is 0.191 e. The Kier molecular flexibility index (Phi) is 8.85. The van der Waals surface area contributed by atoms with Crippen LogP contribution in [0.4, 0.5) is 0 Å². The van der Waals surface area contributed by atoms with Gasteiger partial charge >= 0.3 is 0 Å². The van der Waals surface area contributed by atoms with Gasteiger partial charge in [-0.1, -0.05) is 44.2 Å². The van der Waals surface area contributed by atoms with Gasteiger partial charge in [-0.3, -0.25) is 9.89 Å². The number of benzene rings is 1. The first-order valence-electron chi connectivity index (χ1n) is 11.4. The molecule has 1 aliphatic rings. The minimum absolute atomic E-state index is 0.261. The number of ether oxygens (including phenoxy) is 1. The van der Waals surface area contributed by atoms with Crippen LogP contribution in [0.5, 0.6) is 0 Å². The lowest BCUT2D eigenvalue weighted by molar-refractivity contribution is 0.177. The number of guanidine groups is 1. The van der Waals surface area contributed by atoms with Gasteiger partial charge in [-0.2, -0.15) is 5.10 Å². The molecule has 0 aliphatic carbocycles. The standard InChI is InChI=1S/C23H37N7O/c1-5-24-23(25-15-20(29(6-2)7-3)18-11-9-8-10-12-18)26-19-13-14-22-27-21(17-31-4)28-30(22)16-19/h8-12,19-20H,5-7,13-17H2,1-4H3,(H2,24,25,26). The van der Waals surface area contributed by atoms with Crippen LogP contribution in [-0.2, 0) is 24.3 Å². The molecule has 0 spiro atoms. The molecule has 2 heterocycles. The van der Waals surface area contributed by atoms with Crippen LogP contribution in [0.15, 0.2) is 35.3 Å². The molecule has 2 aromatic rings. The Labute approximate surface area is 186 Å². The molecule has 2 N–H and O–H groups in total. The highest BCUT2D eigenvalue weighted by Gasteiger charge is 2.23. The highest BCUT2D eigenvalue weighted by Crippen LogP contribution is 2.21. The molecule has 31 heavy (non-hydrogen) atoms. The maximum absolute atomic E-state index is 5.17. The lowest BCUT2D eigenvalue weighted by Gasteiger charge is -2.30. The van der Waals surface area contributed by atoms with Gasteiger partial charge in [0, 0.05) is 26.1 Å². The van der Waals surface area contributed by atoms with Gasteiger partial charge in [-0.15, -0.1) is 0 Å². The predicted molar refractivity (Wildman–Crippen MR) is 124 cm³/mol. The second-order valence-electron chi connectivity index (χ2n) is 7.81. The molecule has 8 nitrogen and oxygen atoms in total. The molecule has 0 fully saturated rings. The van der Waals surface area contributed by atoms with Gasteiger partial charge in [0.1, 0.15) is 12.4 Å². The molecule has 1 aromatic carbocycles. The summed E-state index contributed by atoms with van der Waals surface area (Å²) in [6.07, 6.45) is 1.91. The van der Waals surface area contributed by atoms with Crippen LogP contribution in [-0.4, -0.2) is 65.0 Å². The van der Waals surface area contributed by atoms with Crippen molar-refractivity contribution in [3.8, 4) is 0 Å². The van der Waals surface area contributed by atoms with Gasteiger partial charge in [-0.05, 0) is 32.0 Å². The highest BCUT2D eigenvalue weighted by atomic mass is 16.5. The maximum Gasteiger partial charge on any atom is 0.191 e. The molecular weight excluding hydrogens is 390 g/mol. The van der Waals surface area contributed by atoms with Crippen LogP contribution in [0, 0.1) is 0 Å². The Hall–Kier alpha value is -2.45. The summed E-state index contributed by atoms with van der Waals surface area (Å²) in [5.74, 6) is 2.66. The number of rotatable bonds is 10. The first-order chi connectivity index (χ1) is 15.2. The fourth-order valence-corrected chi connectivity index (χ4v) is 4.13. The molecule has 2 atom stereocenters. The molecule has 0 radical (unpaired) electrons. The van der Waals surface area contributed by atoms with Crippen molar-refractivity contribution in [1.29, 1.82) is 0 Å². The highest BCUT2D eigenvalue weighted by molar-refractivity contribution is 5.80. The van der Waals surface area contributed by atoms with E-state index in [1.54, 1.807) is 7.11 Å². The average Bonchev–Trinajstić information content (AvgIpc) is 3.19.